The molecule has 2 aliphatic rings. The fraction of sp³-hybridized carbons (Fsp3) is 0.556. The summed E-state index contributed by atoms with van der Waals surface area (Å²) in [6.45, 7) is 0.474. The zero-order valence-electron chi connectivity index (χ0n) is 14.4. The SMILES string of the molecule is O=C(O)CN(C(=O)[C@H]1C[C@@H]1c1ccccc1OC(F)(F)F)C1CCOCC1. The number of amides is 1. The number of para-hydroxylation sites is 1. The Hall–Kier alpha value is -2.29. The third-order valence-corrected chi connectivity index (χ3v) is 4.87. The number of alkyl halides is 3. The molecule has 1 aromatic carbocycles. The van der Waals surface area contributed by atoms with Gasteiger partial charge in [-0.3, -0.25) is 9.59 Å². The smallest absolute Gasteiger partial charge is 0.480 e. The second kappa shape index (κ2) is 7.75. The number of nitrogens with zero attached hydrogens (tertiary/aromatic N) is 1. The Bertz CT molecular complexity index is 702. The number of carboxylic acids is 1. The topological polar surface area (TPSA) is 76.1 Å². The Labute approximate surface area is 153 Å². The Morgan fingerprint density at radius 2 is 1.89 bits per heavy atom. The monoisotopic (exact) mass is 387 g/mol. The Morgan fingerprint density at radius 1 is 1.22 bits per heavy atom. The number of benzene rings is 1. The molecule has 3 rings (SSSR count). The molecule has 2 atom stereocenters. The molecule has 9 heteroatoms. The number of hydrogen-bond donors (Lipinski definition) is 1. The molecule has 1 saturated carbocycles. The highest BCUT2D eigenvalue weighted by atomic mass is 19.4. The summed E-state index contributed by atoms with van der Waals surface area (Å²) in [5, 5.41) is 9.15. The molecule has 1 aliphatic heterocycles. The summed E-state index contributed by atoms with van der Waals surface area (Å²) in [5.41, 5.74) is 0.315. The average Bonchev–Trinajstić information content (AvgIpc) is 3.39. The average molecular weight is 387 g/mol. The van der Waals surface area contributed by atoms with E-state index >= 15 is 0 Å². The van der Waals surface area contributed by atoms with E-state index in [4.69, 9.17) is 9.84 Å². The molecule has 0 spiro atoms. The summed E-state index contributed by atoms with van der Waals surface area (Å²) in [4.78, 5) is 25.4. The molecule has 0 aromatic heterocycles. The van der Waals surface area contributed by atoms with E-state index in [-0.39, 0.29) is 17.7 Å². The summed E-state index contributed by atoms with van der Waals surface area (Å²) >= 11 is 0. The normalized spacial score (nSPS) is 22.9. The van der Waals surface area contributed by atoms with Crippen molar-refractivity contribution in [3.63, 3.8) is 0 Å². The maximum absolute atomic E-state index is 12.9. The molecule has 1 heterocycles. The van der Waals surface area contributed by atoms with Crippen LogP contribution in [0.2, 0.25) is 0 Å². The molecule has 2 fully saturated rings. The first-order chi connectivity index (χ1) is 12.8. The van der Waals surface area contributed by atoms with E-state index in [0.717, 1.165) is 0 Å². The van der Waals surface area contributed by atoms with Gasteiger partial charge in [0.1, 0.15) is 12.3 Å². The van der Waals surface area contributed by atoms with Gasteiger partial charge in [-0.2, -0.15) is 0 Å². The van der Waals surface area contributed by atoms with E-state index < -0.39 is 30.7 Å². The summed E-state index contributed by atoms with van der Waals surface area (Å²) in [6.07, 6.45) is -3.35. The van der Waals surface area contributed by atoms with E-state index in [1.54, 1.807) is 6.07 Å². The second-order valence-electron chi connectivity index (χ2n) is 6.74. The molecule has 1 saturated heterocycles. The van der Waals surface area contributed by atoms with Crippen LogP contribution in [0.4, 0.5) is 13.2 Å². The van der Waals surface area contributed by atoms with E-state index in [1.165, 1.54) is 23.1 Å². The van der Waals surface area contributed by atoms with E-state index in [9.17, 15) is 22.8 Å². The van der Waals surface area contributed by atoms with E-state index in [2.05, 4.69) is 4.74 Å². The number of carbonyl (C=O) groups excluding carboxylic acids is 1. The summed E-state index contributed by atoms with van der Waals surface area (Å²) in [6, 6.07) is 5.52. The number of carboxylic acid groups (broad SMARTS) is 1. The van der Waals surface area contributed by atoms with Crippen molar-refractivity contribution in [1.29, 1.82) is 0 Å². The number of carbonyl (C=O) groups is 2. The first-order valence-corrected chi connectivity index (χ1v) is 8.71. The van der Waals surface area contributed by atoms with Gasteiger partial charge in [-0.1, -0.05) is 18.2 Å². The summed E-state index contributed by atoms with van der Waals surface area (Å²) in [5.74, 6) is -2.72. The van der Waals surface area contributed by atoms with Crippen molar-refractivity contribution in [3.8, 4) is 5.75 Å². The number of halogens is 3. The van der Waals surface area contributed by atoms with E-state index in [0.29, 0.717) is 38.0 Å². The van der Waals surface area contributed by atoms with Crippen LogP contribution in [-0.4, -0.2) is 54.0 Å². The highest BCUT2D eigenvalue weighted by Crippen LogP contribution is 2.52. The molecule has 27 heavy (non-hydrogen) atoms. The lowest BCUT2D eigenvalue weighted by atomic mass is 10.0. The molecule has 1 aromatic rings. The van der Waals surface area contributed by atoms with Gasteiger partial charge in [-0.25, -0.2) is 0 Å². The minimum absolute atomic E-state index is 0.231. The Kier molecular flexibility index (Phi) is 5.59. The zero-order chi connectivity index (χ0) is 19.6. The van der Waals surface area contributed by atoms with Crippen LogP contribution in [0.5, 0.6) is 5.75 Å². The van der Waals surface area contributed by atoms with E-state index in [1.807, 2.05) is 0 Å². The Balaban J connectivity index is 1.74. The molecule has 0 unspecified atom stereocenters. The van der Waals surface area contributed by atoms with Gasteiger partial charge in [0.15, 0.2) is 0 Å². The van der Waals surface area contributed by atoms with Crippen LogP contribution in [0.3, 0.4) is 0 Å². The van der Waals surface area contributed by atoms with Gasteiger partial charge in [0.25, 0.3) is 0 Å². The van der Waals surface area contributed by atoms with Gasteiger partial charge in [0.05, 0.1) is 0 Å². The second-order valence-corrected chi connectivity index (χ2v) is 6.74. The summed E-state index contributed by atoms with van der Waals surface area (Å²) in [7, 11) is 0. The van der Waals surface area contributed by atoms with Crippen LogP contribution in [-0.2, 0) is 14.3 Å². The minimum atomic E-state index is -4.82. The van der Waals surface area contributed by atoms with Gasteiger partial charge in [0.2, 0.25) is 5.91 Å². The molecule has 1 amide bonds. The predicted octanol–water partition coefficient (Wildman–Crippen LogP) is 2.78. The van der Waals surface area contributed by atoms with Crippen LogP contribution in [0.1, 0.15) is 30.7 Å². The van der Waals surface area contributed by atoms with Crippen molar-refractivity contribution in [3.05, 3.63) is 29.8 Å². The quantitative estimate of drug-likeness (QED) is 0.812. The van der Waals surface area contributed by atoms with Crippen LogP contribution in [0, 0.1) is 5.92 Å². The lowest BCUT2D eigenvalue weighted by Crippen LogP contribution is -2.46. The maximum Gasteiger partial charge on any atom is 0.573 e. The van der Waals surface area contributed by atoms with Crippen LogP contribution < -0.4 is 4.74 Å². The molecule has 1 N–H and O–H groups in total. The van der Waals surface area contributed by atoms with Crippen molar-refractivity contribution in [2.75, 3.05) is 19.8 Å². The molecule has 1 aliphatic carbocycles. The van der Waals surface area contributed by atoms with Gasteiger partial charge in [-0.15, -0.1) is 13.2 Å². The van der Waals surface area contributed by atoms with Gasteiger partial charge in [-0.05, 0) is 36.8 Å². The molecular weight excluding hydrogens is 367 g/mol. The third kappa shape index (κ3) is 4.91. The molecule has 6 nitrogen and oxygen atoms in total. The van der Waals surface area contributed by atoms with Crippen molar-refractivity contribution in [2.45, 2.75) is 37.6 Å². The lowest BCUT2D eigenvalue weighted by molar-refractivity contribution is -0.274. The van der Waals surface area contributed by atoms with Crippen molar-refractivity contribution < 1.29 is 37.3 Å². The van der Waals surface area contributed by atoms with Crippen LogP contribution in [0.15, 0.2) is 24.3 Å². The van der Waals surface area contributed by atoms with Gasteiger partial charge < -0.3 is 19.5 Å². The highest BCUT2D eigenvalue weighted by Gasteiger charge is 2.49. The fourth-order valence-corrected chi connectivity index (χ4v) is 3.56. The lowest BCUT2D eigenvalue weighted by Gasteiger charge is -2.33. The van der Waals surface area contributed by atoms with Gasteiger partial charge in [0, 0.05) is 25.2 Å². The minimum Gasteiger partial charge on any atom is -0.480 e. The van der Waals surface area contributed by atoms with Crippen molar-refractivity contribution in [1.82, 2.24) is 4.90 Å². The maximum atomic E-state index is 12.9. The van der Waals surface area contributed by atoms with Crippen molar-refractivity contribution in [2.24, 2.45) is 5.92 Å². The molecule has 0 bridgehead atoms. The zero-order valence-corrected chi connectivity index (χ0v) is 14.4. The summed E-state index contributed by atoms with van der Waals surface area (Å²) < 4.78 is 47.1. The largest absolute Gasteiger partial charge is 0.573 e. The third-order valence-electron chi connectivity index (χ3n) is 4.87. The predicted molar refractivity (Wildman–Crippen MR) is 87.2 cm³/mol. The van der Waals surface area contributed by atoms with Crippen LogP contribution >= 0.6 is 0 Å². The standard InChI is InChI=1S/C18H20F3NO5/c19-18(20,21)27-15-4-2-1-3-12(15)13-9-14(13)17(25)22(10-16(23)24)11-5-7-26-8-6-11/h1-4,11,13-14H,5-10H2,(H,23,24)/t13-,14+/m1/s1. The van der Waals surface area contributed by atoms with Crippen LogP contribution in [0.25, 0.3) is 0 Å². The first kappa shape index (κ1) is 19.5. The highest BCUT2D eigenvalue weighted by molar-refractivity contribution is 5.86. The molecule has 148 valence electrons. The molecule has 0 radical (unpaired) electrons. The fourth-order valence-electron chi connectivity index (χ4n) is 3.56. The number of rotatable bonds is 6. The number of ether oxygens (including phenoxy) is 2. The van der Waals surface area contributed by atoms with Crippen molar-refractivity contribution >= 4 is 11.9 Å². The first-order valence-electron chi connectivity index (χ1n) is 8.71. The Morgan fingerprint density at radius 3 is 2.52 bits per heavy atom. The number of aliphatic carboxylic acids is 1. The molecular formula is C18H20F3NO5. The van der Waals surface area contributed by atoms with Gasteiger partial charge >= 0.3 is 12.3 Å². The number of hydrogen-bond acceptors (Lipinski definition) is 4.